The predicted octanol–water partition coefficient (Wildman–Crippen LogP) is 24.8. The van der Waals surface area contributed by atoms with E-state index in [-0.39, 0.29) is 31.1 Å². The lowest BCUT2D eigenvalue weighted by Crippen LogP contribution is -2.30. The van der Waals surface area contributed by atoms with E-state index in [0.717, 1.165) is 109 Å². The molecule has 0 radical (unpaired) electrons. The van der Waals surface area contributed by atoms with Crippen LogP contribution in [0.15, 0.2) is 97.2 Å². The molecule has 6 nitrogen and oxygen atoms in total. The van der Waals surface area contributed by atoms with Crippen LogP contribution in [-0.2, 0) is 28.6 Å². The van der Waals surface area contributed by atoms with Crippen LogP contribution in [-0.4, -0.2) is 37.2 Å². The molecule has 1 unspecified atom stereocenters. The van der Waals surface area contributed by atoms with Crippen LogP contribution < -0.4 is 0 Å². The second-order valence-electron chi connectivity index (χ2n) is 23.8. The Kier molecular flexibility index (Phi) is 67.7. The molecule has 0 aliphatic rings. The van der Waals surface area contributed by atoms with Gasteiger partial charge in [-0.3, -0.25) is 14.4 Å². The molecule has 0 aliphatic heterocycles. The van der Waals surface area contributed by atoms with Crippen molar-refractivity contribution in [2.24, 2.45) is 0 Å². The summed E-state index contributed by atoms with van der Waals surface area (Å²) in [6, 6.07) is 0. The molecule has 6 heteroatoms. The molecule has 0 aromatic rings. The zero-order valence-electron chi connectivity index (χ0n) is 54.9. The third-order valence-corrected chi connectivity index (χ3v) is 15.6. The standard InChI is InChI=1S/C77H134O6/c1-4-7-10-13-16-18-20-22-24-26-28-30-32-34-35-36-37-38-39-40-41-42-43-44-46-47-49-51-53-55-57-59-61-64-67-70-76(79)82-73-74(72-81-75(78)69-66-63-15-12-9-6-3)83-77(80)71-68-65-62-60-58-56-54-52-50-48-45-33-31-29-27-25-23-21-19-17-14-11-8-5-2/h7,10,16,18,22,24,28,30,34-35,37-38,40-41,43-44,74H,4-6,8-9,11-15,17,19-21,23,25-27,29,31-33,36,39,42,45-73H2,1-3H3/b10-7-,18-16-,24-22-,30-28-,35-34-,38-37-,41-40-,44-43-. The maximum absolute atomic E-state index is 12.9. The van der Waals surface area contributed by atoms with Gasteiger partial charge >= 0.3 is 17.9 Å². The molecule has 83 heavy (non-hydrogen) atoms. The number of allylic oxidation sites excluding steroid dienone is 16. The Hall–Kier alpha value is -3.67. The molecule has 0 aromatic carbocycles. The summed E-state index contributed by atoms with van der Waals surface area (Å²) >= 11 is 0. The van der Waals surface area contributed by atoms with E-state index < -0.39 is 6.10 Å². The molecule has 478 valence electrons. The Morgan fingerprint density at radius 1 is 0.253 bits per heavy atom. The highest BCUT2D eigenvalue weighted by Crippen LogP contribution is 2.18. The highest BCUT2D eigenvalue weighted by atomic mass is 16.6. The van der Waals surface area contributed by atoms with Gasteiger partial charge in [-0.2, -0.15) is 0 Å². The van der Waals surface area contributed by atoms with Crippen LogP contribution in [0.2, 0.25) is 0 Å². The number of carbonyl (C=O) groups is 3. The maximum atomic E-state index is 12.9. The van der Waals surface area contributed by atoms with Gasteiger partial charge in [0, 0.05) is 19.3 Å². The molecule has 0 N–H and O–H groups in total. The normalized spacial score (nSPS) is 12.7. The fraction of sp³-hybridized carbons (Fsp3) is 0.753. The number of hydrogen-bond donors (Lipinski definition) is 0. The van der Waals surface area contributed by atoms with E-state index in [0.29, 0.717) is 19.3 Å². The van der Waals surface area contributed by atoms with Crippen LogP contribution in [0.25, 0.3) is 0 Å². The number of hydrogen-bond acceptors (Lipinski definition) is 6. The van der Waals surface area contributed by atoms with Gasteiger partial charge < -0.3 is 14.2 Å². The first-order valence-corrected chi connectivity index (χ1v) is 35.7. The Morgan fingerprint density at radius 2 is 0.470 bits per heavy atom. The molecule has 0 heterocycles. The van der Waals surface area contributed by atoms with E-state index in [1.54, 1.807) is 0 Å². The minimum atomic E-state index is -0.774. The summed E-state index contributed by atoms with van der Waals surface area (Å²) in [5.74, 6) is -0.871. The summed E-state index contributed by atoms with van der Waals surface area (Å²) in [6.07, 6.45) is 96.2. The molecule has 0 saturated carbocycles. The van der Waals surface area contributed by atoms with Crippen molar-refractivity contribution in [2.75, 3.05) is 13.2 Å². The largest absolute Gasteiger partial charge is 0.462 e. The summed E-state index contributed by atoms with van der Waals surface area (Å²) < 4.78 is 16.9. The number of ether oxygens (including phenoxy) is 3. The Balaban J connectivity index is 4.03. The summed E-state index contributed by atoms with van der Waals surface area (Å²) in [6.45, 7) is 6.51. The third-order valence-electron chi connectivity index (χ3n) is 15.6. The molecule has 0 bridgehead atoms. The van der Waals surface area contributed by atoms with Crippen molar-refractivity contribution in [3.8, 4) is 0 Å². The van der Waals surface area contributed by atoms with E-state index >= 15 is 0 Å². The second-order valence-corrected chi connectivity index (χ2v) is 23.8. The van der Waals surface area contributed by atoms with Crippen LogP contribution >= 0.6 is 0 Å². The zero-order chi connectivity index (χ0) is 59.9. The van der Waals surface area contributed by atoms with Crippen LogP contribution in [0.4, 0.5) is 0 Å². The van der Waals surface area contributed by atoms with Gasteiger partial charge in [0.2, 0.25) is 0 Å². The summed E-state index contributed by atoms with van der Waals surface area (Å²) in [7, 11) is 0. The topological polar surface area (TPSA) is 78.9 Å². The first kappa shape index (κ1) is 79.3. The van der Waals surface area contributed by atoms with E-state index in [1.165, 1.54) is 205 Å². The summed E-state index contributed by atoms with van der Waals surface area (Å²) in [5, 5.41) is 0. The summed E-state index contributed by atoms with van der Waals surface area (Å²) in [4.78, 5) is 38.1. The van der Waals surface area contributed by atoms with Gasteiger partial charge in [-0.1, -0.05) is 349 Å². The summed E-state index contributed by atoms with van der Waals surface area (Å²) in [5.41, 5.74) is 0. The van der Waals surface area contributed by atoms with Crippen molar-refractivity contribution in [1.82, 2.24) is 0 Å². The van der Waals surface area contributed by atoms with Crippen molar-refractivity contribution in [2.45, 2.75) is 361 Å². The van der Waals surface area contributed by atoms with E-state index in [4.69, 9.17) is 14.2 Å². The molecular formula is C77H134O6. The minimum Gasteiger partial charge on any atom is -0.462 e. The van der Waals surface area contributed by atoms with Crippen LogP contribution in [0, 0.1) is 0 Å². The van der Waals surface area contributed by atoms with Gasteiger partial charge in [-0.05, 0) is 83.5 Å². The Bertz CT molecular complexity index is 1610. The monoisotopic (exact) mass is 1160 g/mol. The van der Waals surface area contributed by atoms with Gasteiger partial charge in [0.05, 0.1) is 0 Å². The predicted molar refractivity (Wildman–Crippen MR) is 362 cm³/mol. The average molecular weight is 1160 g/mol. The van der Waals surface area contributed by atoms with Crippen LogP contribution in [0.5, 0.6) is 0 Å². The van der Waals surface area contributed by atoms with Crippen molar-refractivity contribution in [1.29, 1.82) is 0 Å². The van der Waals surface area contributed by atoms with Gasteiger partial charge in [0.1, 0.15) is 13.2 Å². The molecule has 0 aliphatic carbocycles. The molecule has 0 spiro atoms. The number of carbonyl (C=O) groups excluding carboxylic acids is 3. The van der Waals surface area contributed by atoms with Gasteiger partial charge in [0.15, 0.2) is 6.10 Å². The van der Waals surface area contributed by atoms with Crippen molar-refractivity contribution < 1.29 is 28.6 Å². The molecule has 0 saturated heterocycles. The molecule has 0 fully saturated rings. The maximum Gasteiger partial charge on any atom is 0.306 e. The van der Waals surface area contributed by atoms with Crippen LogP contribution in [0.3, 0.4) is 0 Å². The Morgan fingerprint density at radius 3 is 0.735 bits per heavy atom. The van der Waals surface area contributed by atoms with Crippen molar-refractivity contribution in [3.63, 3.8) is 0 Å². The molecule has 0 rings (SSSR count). The highest BCUT2D eigenvalue weighted by Gasteiger charge is 2.19. The second kappa shape index (κ2) is 70.8. The molecule has 0 amide bonds. The average Bonchev–Trinajstić information content (AvgIpc) is 3.48. The number of unbranched alkanes of at least 4 members (excludes halogenated alkanes) is 38. The first-order chi connectivity index (χ1) is 41.0. The van der Waals surface area contributed by atoms with E-state index in [9.17, 15) is 14.4 Å². The smallest absolute Gasteiger partial charge is 0.306 e. The Labute approximate surface area is 515 Å². The number of esters is 3. The van der Waals surface area contributed by atoms with Crippen LogP contribution in [0.1, 0.15) is 355 Å². The fourth-order valence-corrected chi connectivity index (χ4v) is 10.3. The number of rotatable bonds is 65. The zero-order valence-corrected chi connectivity index (χ0v) is 54.9. The van der Waals surface area contributed by atoms with Gasteiger partial charge in [-0.25, -0.2) is 0 Å². The quantitative estimate of drug-likeness (QED) is 0.0261. The molecule has 1 atom stereocenters. The first-order valence-electron chi connectivity index (χ1n) is 35.7. The molecular weight excluding hydrogens is 1020 g/mol. The highest BCUT2D eigenvalue weighted by molar-refractivity contribution is 5.71. The van der Waals surface area contributed by atoms with Crippen molar-refractivity contribution in [3.05, 3.63) is 97.2 Å². The lowest BCUT2D eigenvalue weighted by molar-refractivity contribution is -0.167. The van der Waals surface area contributed by atoms with Crippen molar-refractivity contribution >= 4 is 17.9 Å². The molecule has 0 aromatic heterocycles. The lowest BCUT2D eigenvalue weighted by Gasteiger charge is -2.18. The van der Waals surface area contributed by atoms with E-state index in [2.05, 4.69) is 118 Å². The minimum absolute atomic E-state index is 0.0741. The van der Waals surface area contributed by atoms with Gasteiger partial charge in [-0.15, -0.1) is 0 Å². The van der Waals surface area contributed by atoms with Gasteiger partial charge in [0.25, 0.3) is 0 Å². The third kappa shape index (κ3) is 69.0. The lowest BCUT2D eigenvalue weighted by atomic mass is 10.0. The van der Waals surface area contributed by atoms with E-state index in [1.807, 2.05) is 0 Å². The SMILES string of the molecule is CC/C=C\C/C=C\C/C=C\C/C=C\C/C=C\C/C=C\C/C=C\C/C=C\CCCCCCCCCCCCC(=O)OCC(COC(=O)CCCCCCCC)OC(=O)CCCCCCCCCCCCCCCCCCCCCCCCCC. The fourth-order valence-electron chi connectivity index (χ4n) is 10.3.